The lowest BCUT2D eigenvalue weighted by atomic mass is 9.82. The Balaban J connectivity index is 1.54. The maximum atomic E-state index is 12.7. The molecule has 6 heteroatoms. The fourth-order valence-corrected chi connectivity index (χ4v) is 4.24. The Hall–Kier alpha value is -1.76. The molecule has 2 amide bonds. The smallest absolute Gasteiger partial charge is 0.252 e. The van der Waals surface area contributed by atoms with Crippen molar-refractivity contribution in [3.05, 3.63) is 35.9 Å². The van der Waals surface area contributed by atoms with E-state index in [2.05, 4.69) is 17.0 Å². The van der Waals surface area contributed by atoms with Gasteiger partial charge in [-0.1, -0.05) is 30.3 Å². The minimum Gasteiger partial charge on any atom is -0.392 e. The first-order valence-electron chi connectivity index (χ1n) is 8.04. The molecular formula is C17H21N3O3. The molecule has 0 aliphatic carbocycles. The van der Waals surface area contributed by atoms with Crippen LogP contribution in [0, 0.1) is 0 Å². The van der Waals surface area contributed by atoms with E-state index in [0.717, 1.165) is 6.54 Å². The van der Waals surface area contributed by atoms with Crippen molar-refractivity contribution in [1.29, 1.82) is 0 Å². The molecule has 3 saturated heterocycles. The van der Waals surface area contributed by atoms with Gasteiger partial charge in [0.15, 0.2) is 0 Å². The molecule has 2 unspecified atom stereocenters. The minimum absolute atomic E-state index is 0.128. The number of aliphatic hydroxyl groups excluding tert-OH is 1. The molecule has 3 heterocycles. The molecule has 1 N–H and O–H groups in total. The SMILES string of the molecule is CN1C(=O)C2CC(O)CN2C2(CN(Cc3ccccc3)C2)C1=O. The Kier molecular flexibility index (Phi) is 3.30. The maximum Gasteiger partial charge on any atom is 0.252 e. The van der Waals surface area contributed by atoms with Crippen molar-refractivity contribution in [3.8, 4) is 0 Å². The molecule has 122 valence electrons. The Morgan fingerprint density at radius 2 is 1.91 bits per heavy atom. The molecule has 1 aromatic carbocycles. The van der Waals surface area contributed by atoms with Crippen LogP contribution in [0.4, 0.5) is 0 Å². The second kappa shape index (κ2) is 5.12. The largest absolute Gasteiger partial charge is 0.392 e. The number of piperazine rings is 1. The van der Waals surface area contributed by atoms with Crippen LogP contribution >= 0.6 is 0 Å². The highest BCUT2D eigenvalue weighted by Crippen LogP contribution is 2.40. The first-order chi connectivity index (χ1) is 11.0. The van der Waals surface area contributed by atoms with Crippen molar-refractivity contribution >= 4 is 11.8 Å². The normalized spacial score (nSPS) is 30.6. The lowest BCUT2D eigenvalue weighted by Crippen LogP contribution is -2.80. The van der Waals surface area contributed by atoms with Crippen LogP contribution in [-0.2, 0) is 16.1 Å². The summed E-state index contributed by atoms with van der Waals surface area (Å²) in [5.74, 6) is -0.309. The lowest BCUT2D eigenvalue weighted by molar-refractivity contribution is -0.178. The molecule has 0 saturated carbocycles. The number of fused-ring (bicyclic) bond motifs is 2. The van der Waals surface area contributed by atoms with Gasteiger partial charge in [-0.05, 0) is 12.0 Å². The monoisotopic (exact) mass is 315 g/mol. The Morgan fingerprint density at radius 3 is 2.61 bits per heavy atom. The maximum absolute atomic E-state index is 12.7. The summed E-state index contributed by atoms with van der Waals surface area (Å²) in [6.07, 6.45) is -0.0973. The molecule has 3 aliphatic rings. The highest BCUT2D eigenvalue weighted by Gasteiger charge is 2.63. The van der Waals surface area contributed by atoms with Crippen molar-refractivity contribution in [1.82, 2.24) is 14.7 Å². The number of carbonyl (C=O) groups excluding carboxylic acids is 2. The van der Waals surface area contributed by atoms with Gasteiger partial charge in [0, 0.05) is 33.2 Å². The Bertz CT molecular complexity index is 642. The standard InChI is InChI=1S/C17H21N3O3/c1-18-15(22)14-7-13(21)9-20(14)17(16(18)23)10-19(11-17)8-12-5-3-2-4-6-12/h2-6,13-14,21H,7-11H2,1H3. The van der Waals surface area contributed by atoms with Crippen LogP contribution in [0.15, 0.2) is 30.3 Å². The van der Waals surface area contributed by atoms with Crippen LogP contribution in [0.2, 0.25) is 0 Å². The molecule has 6 nitrogen and oxygen atoms in total. The van der Waals surface area contributed by atoms with Gasteiger partial charge in [-0.2, -0.15) is 0 Å². The number of β-amino-alcohol motifs (C(OH)–C–C–N with tert-alkyl or cyclic N) is 1. The first-order valence-corrected chi connectivity index (χ1v) is 8.04. The van der Waals surface area contributed by atoms with Crippen molar-refractivity contribution < 1.29 is 14.7 Å². The average Bonchev–Trinajstić information content (AvgIpc) is 2.90. The zero-order valence-electron chi connectivity index (χ0n) is 13.2. The van der Waals surface area contributed by atoms with Gasteiger partial charge in [-0.15, -0.1) is 0 Å². The summed E-state index contributed by atoms with van der Waals surface area (Å²) in [5, 5.41) is 9.97. The Morgan fingerprint density at radius 1 is 1.22 bits per heavy atom. The number of likely N-dealkylation sites (N-methyl/N-ethyl adjacent to an activating group) is 1. The number of carbonyl (C=O) groups is 2. The fourth-order valence-electron chi connectivity index (χ4n) is 4.24. The second-order valence-electron chi connectivity index (χ2n) is 6.92. The molecule has 0 radical (unpaired) electrons. The van der Waals surface area contributed by atoms with E-state index >= 15 is 0 Å². The van der Waals surface area contributed by atoms with Crippen molar-refractivity contribution in [2.45, 2.75) is 30.7 Å². The molecule has 3 fully saturated rings. The highest BCUT2D eigenvalue weighted by molar-refractivity contribution is 6.05. The molecular weight excluding hydrogens is 294 g/mol. The summed E-state index contributed by atoms with van der Waals surface area (Å²) in [6, 6.07) is 9.80. The van der Waals surface area contributed by atoms with Crippen LogP contribution in [0.1, 0.15) is 12.0 Å². The van der Waals surface area contributed by atoms with E-state index in [4.69, 9.17) is 0 Å². The summed E-state index contributed by atoms with van der Waals surface area (Å²) in [7, 11) is 1.56. The van der Waals surface area contributed by atoms with E-state index in [1.807, 2.05) is 23.1 Å². The quantitative estimate of drug-likeness (QED) is 0.758. The van der Waals surface area contributed by atoms with E-state index in [0.29, 0.717) is 26.1 Å². The summed E-state index contributed by atoms with van der Waals surface area (Å²) >= 11 is 0. The molecule has 4 rings (SSSR count). The van der Waals surface area contributed by atoms with Crippen molar-refractivity contribution in [2.24, 2.45) is 0 Å². The van der Waals surface area contributed by atoms with Crippen LogP contribution in [0.5, 0.6) is 0 Å². The van der Waals surface area contributed by atoms with Crippen molar-refractivity contribution in [2.75, 3.05) is 26.7 Å². The lowest BCUT2D eigenvalue weighted by Gasteiger charge is -2.58. The van der Waals surface area contributed by atoms with Gasteiger partial charge in [0.2, 0.25) is 5.91 Å². The summed E-state index contributed by atoms with van der Waals surface area (Å²) in [6.45, 7) is 2.44. The number of hydrogen-bond acceptors (Lipinski definition) is 5. The average molecular weight is 315 g/mol. The highest BCUT2D eigenvalue weighted by atomic mass is 16.3. The third-order valence-corrected chi connectivity index (χ3v) is 5.37. The van der Waals surface area contributed by atoms with E-state index < -0.39 is 11.6 Å². The van der Waals surface area contributed by atoms with E-state index in [9.17, 15) is 14.7 Å². The fraction of sp³-hybridized carbons (Fsp3) is 0.529. The summed E-state index contributed by atoms with van der Waals surface area (Å²) in [5.41, 5.74) is 0.576. The minimum atomic E-state index is -0.639. The van der Waals surface area contributed by atoms with E-state index in [1.54, 1.807) is 7.05 Å². The molecule has 0 aromatic heterocycles. The Labute approximate surface area is 135 Å². The van der Waals surface area contributed by atoms with Crippen LogP contribution < -0.4 is 0 Å². The molecule has 2 atom stereocenters. The number of amides is 2. The number of likely N-dealkylation sites (tertiary alicyclic amines) is 1. The topological polar surface area (TPSA) is 64.1 Å². The number of hydrogen-bond donors (Lipinski definition) is 1. The number of imide groups is 1. The zero-order chi connectivity index (χ0) is 16.2. The van der Waals surface area contributed by atoms with Gasteiger partial charge in [0.05, 0.1) is 12.1 Å². The van der Waals surface area contributed by atoms with Crippen LogP contribution in [0.25, 0.3) is 0 Å². The zero-order valence-corrected chi connectivity index (χ0v) is 13.2. The second-order valence-corrected chi connectivity index (χ2v) is 6.92. The van der Waals surface area contributed by atoms with Crippen LogP contribution in [0.3, 0.4) is 0 Å². The molecule has 1 spiro atoms. The predicted molar refractivity (Wildman–Crippen MR) is 83.3 cm³/mol. The number of aliphatic hydroxyl groups is 1. The third-order valence-electron chi connectivity index (χ3n) is 5.37. The van der Waals surface area contributed by atoms with Gasteiger partial charge in [0.25, 0.3) is 5.91 Å². The molecule has 1 aromatic rings. The predicted octanol–water partition coefficient (Wildman–Crippen LogP) is -0.325. The van der Waals surface area contributed by atoms with E-state index in [1.165, 1.54) is 10.5 Å². The third kappa shape index (κ3) is 2.13. The molecule has 3 aliphatic heterocycles. The number of rotatable bonds is 2. The van der Waals surface area contributed by atoms with E-state index in [-0.39, 0.29) is 17.9 Å². The van der Waals surface area contributed by atoms with Gasteiger partial charge >= 0.3 is 0 Å². The van der Waals surface area contributed by atoms with Gasteiger partial charge in [-0.3, -0.25) is 24.3 Å². The first kappa shape index (κ1) is 14.8. The van der Waals surface area contributed by atoms with Gasteiger partial charge in [-0.25, -0.2) is 0 Å². The molecule has 23 heavy (non-hydrogen) atoms. The van der Waals surface area contributed by atoms with Crippen molar-refractivity contribution in [3.63, 3.8) is 0 Å². The summed E-state index contributed by atoms with van der Waals surface area (Å²) in [4.78, 5) is 30.5. The number of benzene rings is 1. The molecule has 0 bridgehead atoms. The van der Waals surface area contributed by atoms with Crippen LogP contribution in [-0.4, -0.2) is 76.0 Å². The van der Waals surface area contributed by atoms with Gasteiger partial charge in [0.1, 0.15) is 5.54 Å². The number of nitrogens with zero attached hydrogens (tertiary/aromatic N) is 3. The summed E-state index contributed by atoms with van der Waals surface area (Å²) < 4.78 is 0. The van der Waals surface area contributed by atoms with Gasteiger partial charge < -0.3 is 5.11 Å².